The lowest BCUT2D eigenvalue weighted by atomic mass is 10.1. The largest absolute Gasteiger partial charge is 0.285 e. The highest BCUT2D eigenvalue weighted by Crippen LogP contribution is 2.36. The molecule has 3 rings (SSSR count). The minimum Gasteiger partial charge on any atom is -0.285 e. The Hall–Kier alpha value is -1.80. The van der Waals surface area contributed by atoms with Gasteiger partial charge in [0.25, 0.3) is 0 Å². The zero-order chi connectivity index (χ0) is 11.7. The second kappa shape index (κ2) is 4.22. The Morgan fingerprint density at radius 2 is 1.82 bits per heavy atom. The molecule has 0 N–H and O–H groups in total. The molecular formula is C15H9OS. The number of thioether (sulfide) groups is 1. The molecule has 0 amide bonds. The first-order chi connectivity index (χ1) is 8.36. The van der Waals surface area contributed by atoms with Crippen molar-refractivity contribution in [3.05, 3.63) is 69.0 Å². The van der Waals surface area contributed by atoms with Crippen molar-refractivity contribution in [2.24, 2.45) is 0 Å². The quantitative estimate of drug-likeness (QED) is 0.740. The molecule has 1 nitrogen and oxygen atoms in total. The van der Waals surface area contributed by atoms with E-state index < -0.39 is 0 Å². The monoisotopic (exact) mass is 237 g/mol. The molecule has 2 aliphatic rings. The minimum atomic E-state index is 0.609. The lowest BCUT2D eigenvalue weighted by molar-refractivity contribution is 0.562. The maximum absolute atomic E-state index is 10.6. The number of allylic oxidation sites excluding steroid dienone is 4. The molecule has 17 heavy (non-hydrogen) atoms. The molecule has 0 saturated carbocycles. The number of carbonyl (C=O) groups excluding carboxylic acids is 1. The molecule has 0 saturated heterocycles. The molecule has 1 aliphatic heterocycles. The first-order valence-electron chi connectivity index (χ1n) is 5.33. The highest BCUT2D eigenvalue weighted by Gasteiger charge is 2.13. The van der Waals surface area contributed by atoms with Crippen molar-refractivity contribution in [1.82, 2.24) is 0 Å². The summed E-state index contributed by atoms with van der Waals surface area (Å²) in [5, 5.41) is 1.84. The van der Waals surface area contributed by atoms with E-state index in [1.807, 2.05) is 29.9 Å². The fraction of sp³-hybridized carbons (Fsp3) is 0. The first kappa shape index (κ1) is 10.4. The van der Waals surface area contributed by atoms with Crippen molar-refractivity contribution in [3.63, 3.8) is 0 Å². The predicted octanol–water partition coefficient (Wildman–Crippen LogP) is 3.72. The molecule has 1 radical (unpaired) electrons. The molecule has 0 fully saturated rings. The number of fused-ring (bicyclic) bond motifs is 2. The standard InChI is InChI=1S/C15H9OS/c16-9-11-7-14-6-5-12-3-1-2-4-13(12)8-15(14)17-10-11/h1-8,10H. The lowest BCUT2D eigenvalue weighted by Gasteiger charge is -2.09. The van der Waals surface area contributed by atoms with Crippen LogP contribution < -0.4 is 0 Å². The summed E-state index contributed by atoms with van der Waals surface area (Å²) in [5.74, 6) is 0. The van der Waals surface area contributed by atoms with Crippen LogP contribution in [0.1, 0.15) is 11.1 Å². The van der Waals surface area contributed by atoms with E-state index in [1.165, 1.54) is 16.0 Å². The third-order valence-electron chi connectivity index (χ3n) is 2.75. The summed E-state index contributed by atoms with van der Waals surface area (Å²) in [5.41, 5.74) is 4.10. The second-order valence-electron chi connectivity index (χ2n) is 3.86. The third-order valence-corrected chi connectivity index (χ3v) is 3.73. The van der Waals surface area contributed by atoms with Gasteiger partial charge in [0.1, 0.15) is 0 Å². The van der Waals surface area contributed by atoms with Crippen LogP contribution in [-0.4, -0.2) is 6.29 Å². The number of hydrogen-bond acceptors (Lipinski definition) is 2. The molecule has 0 spiro atoms. The smallest absolute Gasteiger partial charge is 0.234 e. The topological polar surface area (TPSA) is 17.1 Å². The second-order valence-corrected chi connectivity index (χ2v) is 4.77. The van der Waals surface area contributed by atoms with Crippen molar-refractivity contribution in [2.45, 2.75) is 0 Å². The molecular weight excluding hydrogens is 228 g/mol. The zero-order valence-electron chi connectivity index (χ0n) is 9.01. The van der Waals surface area contributed by atoms with E-state index in [0.29, 0.717) is 5.57 Å². The molecule has 81 valence electrons. The van der Waals surface area contributed by atoms with Crippen LogP contribution in [-0.2, 0) is 4.79 Å². The van der Waals surface area contributed by atoms with E-state index >= 15 is 0 Å². The van der Waals surface area contributed by atoms with Gasteiger partial charge in [-0.2, -0.15) is 0 Å². The predicted molar refractivity (Wildman–Crippen MR) is 72.9 cm³/mol. The van der Waals surface area contributed by atoms with E-state index in [2.05, 4.69) is 30.4 Å². The van der Waals surface area contributed by atoms with Crippen molar-refractivity contribution >= 4 is 30.2 Å². The van der Waals surface area contributed by atoms with Crippen LogP contribution in [0.2, 0.25) is 0 Å². The Balaban J connectivity index is 2.13. The fourth-order valence-corrected chi connectivity index (χ4v) is 2.71. The molecule has 0 atom stereocenters. The van der Waals surface area contributed by atoms with Crippen molar-refractivity contribution < 1.29 is 4.79 Å². The minimum absolute atomic E-state index is 0.609. The average Bonchev–Trinajstić information content (AvgIpc) is 2.57. The van der Waals surface area contributed by atoms with Gasteiger partial charge < -0.3 is 0 Å². The van der Waals surface area contributed by atoms with Gasteiger partial charge in [0.15, 0.2) is 0 Å². The van der Waals surface area contributed by atoms with Gasteiger partial charge in [0, 0.05) is 10.5 Å². The van der Waals surface area contributed by atoms with Gasteiger partial charge in [-0.3, -0.25) is 4.79 Å². The Morgan fingerprint density at radius 3 is 2.65 bits per heavy atom. The van der Waals surface area contributed by atoms with Gasteiger partial charge in [0.2, 0.25) is 6.29 Å². The SMILES string of the molecule is O=[C]C1=CSC2=Cc3ccccc3C=CC2=C1. The fourth-order valence-electron chi connectivity index (χ4n) is 1.88. The molecule has 1 heterocycles. The number of rotatable bonds is 1. The van der Waals surface area contributed by atoms with Crippen LogP contribution in [0, 0.1) is 0 Å². The van der Waals surface area contributed by atoms with E-state index in [0.717, 1.165) is 5.57 Å². The van der Waals surface area contributed by atoms with Gasteiger partial charge >= 0.3 is 0 Å². The Morgan fingerprint density at radius 1 is 1.00 bits per heavy atom. The van der Waals surface area contributed by atoms with Crippen LogP contribution >= 0.6 is 11.8 Å². The normalized spacial score (nSPS) is 17.1. The van der Waals surface area contributed by atoms with Crippen molar-refractivity contribution in [3.8, 4) is 0 Å². The Kier molecular flexibility index (Phi) is 2.57. The summed E-state index contributed by atoms with van der Waals surface area (Å²) in [7, 11) is 0. The van der Waals surface area contributed by atoms with E-state index in [1.54, 1.807) is 11.8 Å². The summed E-state index contributed by atoms with van der Waals surface area (Å²) in [6.45, 7) is 0. The first-order valence-corrected chi connectivity index (χ1v) is 6.21. The van der Waals surface area contributed by atoms with Crippen LogP contribution in [0.3, 0.4) is 0 Å². The summed E-state index contributed by atoms with van der Waals surface area (Å²) < 4.78 is 0. The summed E-state index contributed by atoms with van der Waals surface area (Å²) in [6.07, 6.45) is 10.1. The number of benzene rings is 1. The molecule has 0 unspecified atom stereocenters. The van der Waals surface area contributed by atoms with Gasteiger partial charge in [0.05, 0.1) is 0 Å². The molecule has 2 heteroatoms. The lowest BCUT2D eigenvalue weighted by Crippen LogP contribution is -1.90. The highest BCUT2D eigenvalue weighted by molar-refractivity contribution is 8.06. The van der Waals surface area contributed by atoms with Crippen molar-refractivity contribution in [2.75, 3.05) is 0 Å². The third kappa shape index (κ3) is 1.92. The van der Waals surface area contributed by atoms with E-state index in [-0.39, 0.29) is 0 Å². The van der Waals surface area contributed by atoms with Gasteiger partial charge in [-0.1, -0.05) is 48.2 Å². The Labute approximate surface area is 104 Å². The van der Waals surface area contributed by atoms with Gasteiger partial charge in [-0.25, -0.2) is 0 Å². The average molecular weight is 237 g/mol. The van der Waals surface area contributed by atoms with Crippen LogP contribution in [0.5, 0.6) is 0 Å². The summed E-state index contributed by atoms with van der Waals surface area (Å²) in [4.78, 5) is 11.8. The molecule has 0 aromatic heterocycles. The van der Waals surface area contributed by atoms with Crippen molar-refractivity contribution in [1.29, 1.82) is 0 Å². The summed E-state index contributed by atoms with van der Waals surface area (Å²) in [6, 6.07) is 8.25. The Bertz CT molecular complexity index is 603. The van der Waals surface area contributed by atoms with E-state index in [4.69, 9.17) is 0 Å². The highest BCUT2D eigenvalue weighted by atomic mass is 32.2. The maximum Gasteiger partial charge on any atom is 0.234 e. The van der Waals surface area contributed by atoms with Gasteiger partial charge in [-0.15, -0.1) is 0 Å². The van der Waals surface area contributed by atoms with Crippen LogP contribution in [0.4, 0.5) is 0 Å². The maximum atomic E-state index is 10.6. The zero-order valence-corrected chi connectivity index (χ0v) is 9.83. The molecule has 0 bridgehead atoms. The van der Waals surface area contributed by atoms with Gasteiger partial charge in [-0.05, 0) is 34.3 Å². The van der Waals surface area contributed by atoms with Crippen LogP contribution in [0.15, 0.2) is 57.9 Å². The number of hydrogen-bond donors (Lipinski definition) is 0. The van der Waals surface area contributed by atoms with E-state index in [9.17, 15) is 4.79 Å². The molecule has 1 aromatic carbocycles. The molecule has 1 aliphatic carbocycles. The summed E-state index contributed by atoms with van der Waals surface area (Å²) >= 11 is 1.57. The molecule has 1 aromatic rings. The van der Waals surface area contributed by atoms with Crippen LogP contribution in [0.25, 0.3) is 12.2 Å².